The molecule has 0 spiro atoms. The van der Waals surface area contributed by atoms with Gasteiger partial charge in [-0.3, -0.25) is 4.68 Å². The van der Waals surface area contributed by atoms with E-state index in [1.807, 2.05) is 25.1 Å². The average molecular weight is 276 g/mol. The molecule has 0 bridgehead atoms. The summed E-state index contributed by atoms with van der Waals surface area (Å²) in [5, 5.41) is 12.9. The number of benzene rings is 1. The molecule has 0 saturated carbocycles. The van der Waals surface area contributed by atoms with Gasteiger partial charge in [0, 0.05) is 12.6 Å². The van der Waals surface area contributed by atoms with Crippen LogP contribution in [0.4, 0.5) is 0 Å². The fourth-order valence-corrected chi connectivity index (χ4v) is 1.80. The number of carboxylic acids is 1. The average Bonchev–Trinajstić information content (AvgIpc) is 2.89. The molecule has 0 amide bonds. The van der Waals surface area contributed by atoms with Crippen LogP contribution in [-0.2, 0) is 13.2 Å². The number of carboxylic acid groups (broad SMARTS) is 1. The van der Waals surface area contributed by atoms with Gasteiger partial charge in [0.25, 0.3) is 0 Å². The molecule has 2 rings (SSSR count). The minimum absolute atomic E-state index is 0.0242. The molecule has 6 heteroatoms. The third-order valence-corrected chi connectivity index (χ3v) is 2.81. The molecule has 0 aliphatic rings. The van der Waals surface area contributed by atoms with Crippen LogP contribution in [0.25, 0.3) is 0 Å². The van der Waals surface area contributed by atoms with Gasteiger partial charge in [-0.15, -0.1) is 0 Å². The number of hydrogen-bond donors (Lipinski definition) is 1. The van der Waals surface area contributed by atoms with E-state index in [1.165, 1.54) is 6.07 Å². The van der Waals surface area contributed by atoms with Crippen molar-refractivity contribution in [1.82, 2.24) is 9.78 Å². The van der Waals surface area contributed by atoms with E-state index in [1.54, 1.807) is 17.9 Å². The summed E-state index contributed by atoms with van der Waals surface area (Å²) in [6, 6.07) is 8.75. The van der Waals surface area contributed by atoms with Crippen LogP contribution in [0.2, 0.25) is 0 Å². The fraction of sp³-hybridized carbons (Fsp3) is 0.286. The van der Waals surface area contributed by atoms with Gasteiger partial charge in [-0.1, -0.05) is 6.07 Å². The van der Waals surface area contributed by atoms with E-state index < -0.39 is 5.97 Å². The Balaban J connectivity index is 2.11. The molecule has 0 saturated heterocycles. The van der Waals surface area contributed by atoms with Crippen LogP contribution < -0.4 is 9.47 Å². The third kappa shape index (κ3) is 3.09. The van der Waals surface area contributed by atoms with Crippen molar-refractivity contribution in [1.29, 1.82) is 0 Å². The molecule has 0 aliphatic heterocycles. The number of ether oxygens (including phenoxy) is 2. The molecule has 1 aromatic carbocycles. The number of rotatable bonds is 6. The van der Waals surface area contributed by atoms with Gasteiger partial charge in [-0.25, -0.2) is 4.79 Å². The molecule has 0 atom stereocenters. The molecule has 2 aromatic rings. The highest BCUT2D eigenvalue weighted by atomic mass is 16.5. The van der Waals surface area contributed by atoms with Crippen LogP contribution in [0.3, 0.4) is 0 Å². The number of aromatic nitrogens is 2. The second kappa shape index (κ2) is 6.10. The Hall–Kier alpha value is -2.50. The first-order chi connectivity index (χ1) is 9.63. The van der Waals surface area contributed by atoms with Crippen LogP contribution in [0, 0.1) is 0 Å². The molecule has 1 aromatic heterocycles. The first-order valence-corrected chi connectivity index (χ1v) is 6.21. The summed E-state index contributed by atoms with van der Waals surface area (Å²) in [4.78, 5) is 10.9. The predicted octanol–water partition coefficient (Wildman–Crippen LogP) is 2.19. The van der Waals surface area contributed by atoms with E-state index >= 15 is 0 Å². The Kier molecular flexibility index (Phi) is 4.24. The summed E-state index contributed by atoms with van der Waals surface area (Å²) >= 11 is 0. The van der Waals surface area contributed by atoms with Crippen LogP contribution in [0.15, 0.2) is 30.3 Å². The zero-order chi connectivity index (χ0) is 14.5. The molecule has 6 nitrogen and oxygen atoms in total. The number of methoxy groups -OCH3 is 1. The highest BCUT2D eigenvalue weighted by Crippen LogP contribution is 2.20. The number of aryl methyl sites for hydroxylation is 1. The quantitative estimate of drug-likeness (QED) is 0.875. The summed E-state index contributed by atoms with van der Waals surface area (Å²) in [7, 11) is 1.59. The fourth-order valence-electron chi connectivity index (χ4n) is 1.80. The molecule has 20 heavy (non-hydrogen) atoms. The molecule has 0 fully saturated rings. The third-order valence-electron chi connectivity index (χ3n) is 2.81. The Morgan fingerprint density at radius 1 is 1.35 bits per heavy atom. The molecule has 0 aliphatic carbocycles. The maximum atomic E-state index is 10.9. The zero-order valence-electron chi connectivity index (χ0n) is 11.4. The van der Waals surface area contributed by atoms with E-state index in [0.717, 1.165) is 0 Å². The van der Waals surface area contributed by atoms with Gasteiger partial charge in [-0.2, -0.15) is 5.10 Å². The number of aromatic carboxylic acids is 1. The minimum Gasteiger partial charge on any atom is -0.497 e. The Morgan fingerprint density at radius 3 is 2.75 bits per heavy atom. The normalized spacial score (nSPS) is 10.3. The van der Waals surface area contributed by atoms with Crippen molar-refractivity contribution >= 4 is 5.97 Å². The van der Waals surface area contributed by atoms with Crippen LogP contribution in [0.1, 0.15) is 23.1 Å². The molecular weight excluding hydrogens is 260 g/mol. The Bertz CT molecular complexity index is 607. The van der Waals surface area contributed by atoms with Crippen molar-refractivity contribution < 1.29 is 19.4 Å². The van der Waals surface area contributed by atoms with Crippen molar-refractivity contribution in [3.8, 4) is 11.5 Å². The molecule has 106 valence electrons. The Morgan fingerprint density at radius 2 is 2.10 bits per heavy atom. The van der Waals surface area contributed by atoms with Crippen LogP contribution >= 0.6 is 0 Å². The number of hydrogen-bond acceptors (Lipinski definition) is 4. The molecular formula is C14H16N2O4. The monoisotopic (exact) mass is 276 g/mol. The zero-order valence-corrected chi connectivity index (χ0v) is 11.4. The first kappa shape index (κ1) is 13.9. The second-order valence-electron chi connectivity index (χ2n) is 4.11. The lowest BCUT2D eigenvalue weighted by Gasteiger charge is -2.08. The number of carbonyl (C=O) groups is 1. The van der Waals surface area contributed by atoms with Crippen molar-refractivity contribution in [2.45, 2.75) is 20.1 Å². The van der Waals surface area contributed by atoms with Gasteiger partial charge in [0.05, 0.1) is 12.8 Å². The lowest BCUT2D eigenvalue weighted by atomic mass is 10.3. The SMILES string of the molecule is CCn1nc(C(=O)O)cc1COc1cccc(OC)c1. The Labute approximate surface area is 116 Å². The standard InChI is InChI=1S/C14H16N2O4/c1-3-16-10(7-13(15-16)14(17)18)9-20-12-6-4-5-11(8-12)19-2/h4-8H,3,9H2,1-2H3,(H,17,18). The van der Waals surface area contributed by atoms with Crippen LogP contribution in [-0.4, -0.2) is 28.0 Å². The van der Waals surface area contributed by atoms with Crippen molar-refractivity contribution in [2.75, 3.05) is 7.11 Å². The van der Waals surface area contributed by atoms with Gasteiger partial charge < -0.3 is 14.6 Å². The highest BCUT2D eigenvalue weighted by molar-refractivity contribution is 5.85. The van der Waals surface area contributed by atoms with E-state index in [9.17, 15) is 4.79 Å². The van der Waals surface area contributed by atoms with E-state index in [4.69, 9.17) is 14.6 Å². The summed E-state index contributed by atoms with van der Waals surface area (Å²) < 4.78 is 12.4. The second-order valence-corrected chi connectivity index (χ2v) is 4.11. The maximum Gasteiger partial charge on any atom is 0.356 e. The topological polar surface area (TPSA) is 73.6 Å². The van der Waals surface area contributed by atoms with E-state index in [0.29, 0.717) is 23.7 Å². The number of nitrogens with zero attached hydrogens (tertiary/aromatic N) is 2. The van der Waals surface area contributed by atoms with Crippen LogP contribution in [0.5, 0.6) is 11.5 Å². The largest absolute Gasteiger partial charge is 0.497 e. The van der Waals surface area contributed by atoms with Gasteiger partial charge >= 0.3 is 5.97 Å². The van der Waals surface area contributed by atoms with E-state index in [-0.39, 0.29) is 12.3 Å². The molecule has 1 heterocycles. The molecule has 0 unspecified atom stereocenters. The highest BCUT2D eigenvalue weighted by Gasteiger charge is 2.12. The molecule has 0 radical (unpaired) electrons. The summed E-state index contributed by atoms with van der Waals surface area (Å²) in [6.45, 7) is 2.74. The summed E-state index contributed by atoms with van der Waals surface area (Å²) in [5.41, 5.74) is 0.740. The lowest BCUT2D eigenvalue weighted by molar-refractivity contribution is 0.0689. The first-order valence-electron chi connectivity index (χ1n) is 6.21. The van der Waals surface area contributed by atoms with Gasteiger partial charge in [0.2, 0.25) is 0 Å². The summed E-state index contributed by atoms with van der Waals surface area (Å²) in [6.07, 6.45) is 0. The van der Waals surface area contributed by atoms with Crippen molar-refractivity contribution in [3.05, 3.63) is 41.7 Å². The smallest absolute Gasteiger partial charge is 0.356 e. The van der Waals surface area contributed by atoms with Crippen molar-refractivity contribution in [3.63, 3.8) is 0 Å². The minimum atomic E-state index is -1.04. The van der Waals surface area contributed by atoms with E-state index in [2.05, 4.69) is 5.10 Å². The van der Waals surface area contributed by atoms with Crippen molar-refractivity contribution in [2.24, 2.45) is 0 Å². The lowest BCUT2D eigenvalue weighted by Crippen LogP contribution is -2.06. The predicted molar refractivity (Wildman–Crippen MR) is 72.2 cm³/mol. The maximum absolute atomic E-state index is 10.9. The summed E-state index contributed by atoms with van der Waals surface area (Å²) in [5.74, 6) is 0.322. The van der Waals surface area contributed by atoms with Gasteiger partial charge in [0.1, 0.15) is 18.1 Å². The molecule has 1 N–H and O–H groups in total. The van der Waals surface area contributed by atoms with Gasteiger partial charge in [0.15, 0.2) is 5.69 Å². The van der Waals surface area contributed by atoms with Gasteiger partial charge in [-0.05, 0) is 25.1 Å².